The van der Waals surface area contributed by atoms with Crippen molar-refractivity contribution in [1.29, 1.82) is 0 Å². The van der Waals surface area contributed by atoms with Crippen LogP contribution >= 0.6 is 11.6 Å². The van der Waals surface area contributed by atoms with Crippen LogP contribution in [0.25, 0.3) is 0 Å². The van der Waals surface area contributed by atoms with Crippen LogP contribution in [0.4, 0.5) is 5.82 Å². The lowest BCUT2D eigenvalue weighted by Gasteiger charge is -2.24. The summed E-state index contributed by atoms with van der Waals surface area (Å²) in [5, 5.41) is 0.406. The van der Waals surface area contributed by atoms with E-state index in [0.29, 0.717) is 36.3 Å². The topological polar surface area (TPSA) is 49.3 Å². The number of rotatable bonds is 6. The first-order valence-corrected chi connectivity index (χ1v) is 6.91. The third-order valence-corrected chi connectivity index (χ3v) is 3.12. The van der Waals surface area contributed by atoms with Gasteiger partial charge in [0.25, 0.3) is 0 Å². The van der Waals surface area contributed by atoms with Crippen molar-refractivity contribution in [3.63, 3.8) is 0 Å². The van der Waals surface area contributed by atoms with Gasteiger partial charge in [0.1, 0.15) is 16.8 Å². The van der Waals surface area contributed by atoms with Crippen molar-refractivity contribution in [3.8, 4) is 0 Å². The van der Waals surface area contributed by atoms with Gasteiger partial charge in [-0.2, -0.15) is 0 Å². The van der Waals surface area contributed by atoms with Crippen molar-refractivity contribution in [2.24, 2.45) is 0 Å². The summed E-state index contributed by atoms with van der Waals surface area (Å²) >= 11 is 5.95. The lowest BCUT2D eigenvalue weighted by molar-refractivity contribution is -0.129. The number of carbonyl (C=O) groups is 1. The van der Waals surface area contributed by atoms with E-state index in [4.69, 9.17) is 11.6 Å². The molecule has 0 N–H and O–H groups in total. The van der Waals surface area contributed by atoms with Crippen molar-refractivity contribution in [1.82, 2.24) is 14.9 Å². The highest BCUT2D eigenvalue weighted by Crippen LogP contribution is 2.15. The van der Waals surface area contributed by atoms with E-state index >= 15 is 0 Å². The van der Waals surface area contributed by atoms with Gasteiger partial charge in [0.15, 0.2) is 0 Å². The van der Waals surface area contributed by atoms with Crippen LogP contribution in [-0.2, 0) is 11.2 Å². The van der Waals surface area contributed by atoms with E-state index in [9.17, 15) is 4.79 Å². The van der Waals surface area contributed by atoms with Crippen molar-refractivity contribution in [2.75, 3.05) is 31.6 Å². The van der Waals surface area contributed by atoms with Crippen molar-refractivity contribution >= 4 is 23.3 Å². The number of anilines is 1. The van der Waals surface area contributed by atoms with Crippen LogP contribution in [0.15, 0.2) is 6.07 Å². The summed E-state index contributed by atoms with van der Waals surface area (Å²) in [7, 11) is 1.83. The van der Waals surface area contributed by atoms with E-state index < -0.39 is 0 Å². The minimum absolute atomic E-state index is 0.0836. The molecule has 0 bridgehead atoms. The van der Waals surface area contributed by atoms with E-state index in [1.54, 1.807) is 15.9 Å². The molecular formula is C13H21ClN4O. The van der Waals surface area contributed by atoms with Gasteiger partial charge < -0.3 is 9.80 Å². The third kappa shape index (κ3) is 4.35. The molecule has 1 aromatic heterocycles. The van der Waals surface area contributed by atoms with Gasteiger partial charge in [-0.05, 0) is 13.8 Å². The van der Waals surface area contributed by atoms with Crippen molar-refractivity contribution in [2.45, 2.75) is 27.2 Å². The fraction of sp³-hybridized carbons (Fsp3) is 0.615. The maximum absolute atomic E-state index is 12.0. The number of halogens is 1. The smallest absolute Gasteiger partial charge is 0.242 e. The number of aryl methyl sites for hydroxylation is 1. The van der Waals surface area contributed by atoms with Crippen LogP contribution in [0.5, 0.6) is 0 Å². The average molecular weight is 285 g/mol. The first kappa shape index (κ1) is 15.7. The number of aromatic nitrogens is 2. The van der Waals surface area contributed by atoms with Gasteiger partial charge in [-0.1, -0.05) is 18.5 Å². The standard InChI is InChI=1S/C13H21ClN4O/c1-5-11-15-10(14)8-12(16-11)17(4)9-13(19)18(6-2)7-3/h8H,5-7,9H2,1-4H3. The van der Waals surface area contributed by atoms with Gasteiger partial charge in [0, 0.05) is 32.6 Å². The minimum atomic E-state index is 0.0836. The number of likely N-dealkylation sites (N-methyl/N-ethyl adjacent to an activating group) is 2. The Bertz CT molecular complexity index is 435. The molecule has 1 amide bonds. The number of nitrogens with zero attached hydrogens (tertiary/aromatic N) is 4. The van der Waals surface area contributed by atoms with Gasteiger partial charge in [-0.15, -0.1) is 0 Å². The summed E-state index contributed by atoms with van der Waals surface area (Å²) < 4.78 is 0. The van der Waals surface area contributed by atoms with Crippen LogP contribution in [0.2, 0.25) is 5.15 Å². The second kappa shape index (κ2) is 7.28. The van der Waals surface area contributed by atoms with E-state index in [0.717, 1.165) is 0 Å². The predicted octanol–water partition coefficient (Wildman–Crippen LogP) is 2.00. The Morgan fingerprint density at radius 3 is 2.42 bits per heavy atom. The molecule has 0 spiro atoms. The van der Waals surface area contributed by atoms with Gasteiger partial charge >= 0.3 is 0 Å². The van der Waals surface area contributed by atoms with E-state index in [1.165, 1.54) is 0 Å². The highest BCUT2D eigenvalue weighted by atomic mass is 35.5. The van der Waals surface area contributed by atoms with Crippen LogP contribution < -0.4 is 4.90 Å². The minimum Gasteiger partial charge on any atom is -0.350 e. The SMILES string of the molecule is CCc1nc(Cl)cc(N(C)CC(=O)N(CC)CC)n1. The molecule has 0 fully saturated rings. The second-order valence-electron chi connectivity index (χ2n) is 4.24. The molecule has 0 saturated carbocycles. The lowest BCUT2D eigenvalue weighted by atomic mass is 10.4. The molecular weight excluding hydrogens is 264 g/mol. The van der Waals surface area contributed by atoms with E-state index in [2.05, 4.69) is 9.97 Å². The summed E-state index contributed by atoms with van der Waals surface area (Å²) in [5.41, 5.74) is 0. The first-order chi connectivity index (χ1) is 9.01. The van der Waals surface area contributed by atoms with Crippen LogP contribution in [0.3, 0.4) is 0 Å². The summed E-state index contributed by atoms with van der Waals surface area (Å²) in [4.78, 5) is 24.1. The Morgan fingerprint density at radius 1 is 1.26 bits per heavy atom. The normalized spacial score (nSPS) is 10.4. The Labute approximate surface area is 119 Å². The summed E-state index contributed by atoms with van der Waals surface area (Å²) in [6, 6.07) is 1.68. The lowest BCUT2D eigenvalue weighted by Crippen LogP contribution is -2.39. The number of amides is 1. The summed E-state index contributed by atoms with van der Waals surface area (Å²) in [6.45, 7) is 7.63. The third-order valence-electron chi connectivity index (χ3n) is 2.92. The van der Waals surface area contributed by atoms with Gasteiger partial charge in [-0.3, -0.25) is 4.79 Å². The molecule has 0 radical (unpaired) electrons. The molecule has 1 rings (SSSR count). The van der Waals surface area contributed by atoms with Crippen LogP contribution in [-0.4, -0.2) is 47.5 Å². The van der Waals surface area contributed by atoms with Crippen LogP contribution in [0, 0.1) is 0 Å². The Balaban J connectivity index is 2.80. The van der Waals surface area contributed by atoms with Crippen molar-refractivity contribution in [3.05, 3.63) is 17.0 Å². The molecule has 0 atom stereocenters. The molecule has 106 valence electrons. The number of hydrogen-bond acceptors (Lipinski definition) is 4. The van der Waals surface area contributed by atoms with Crippen molar-refractivity contribution < 1.29 is 4.79 Å². The second-order valence-corrected chi connectivity index (χ2v) is 4.63. The Kier molecular flexibility index (Phi) is 6.02. The molecule has 19 heavy (non-hydrogen) atoms. The fourth-order valence-electron chi connectivity index (χ4n) is 1.77. The van der Waals surface area contributed by atoms with E-state index in [1.807, 2.05) is 27.8 Å². The molecule has 0 saturated heterocycles. The Morgan fingerprint density at radius 2 is 1.89 bits per heavy atom. The van der Waals surface area contributed by atoms with Gasteiger partial charge in [0.05, 0.1) is 6.54 Å². The number of hydrogen-bond donors (Lipinski definition) is 0. The molecule has 1 aromatic rings. The van der Waals surface area contributed by atoms with E-state index in [-0.39, 0.29) is 12.5 Å². The van der Waals surface area contributed by atoms with Gasteiger partial charge in [-0.25, -0.2) is 9.97 Å². The molecule has 1 heterocycles. The summed E-state index contributed by atoms with van der Waals surface area (Å²) in [5.74, 6) is 1.45. The highest BCUT2D eigenvalue weighted by Gasteiger charge is 2.14. The predicted molar refractivity (Wildman–Crippen MR) is 77.6 cm³/mol. The summed E-state index contributed by atoms with van der Waals surface area (Å²) in [6.07, 6.45) is 0.714. The fourth-order valence-corrected chi connectivity index (χ4v) is 1.96. The molecule has 0 aliphatic rings. The molecule has 0 aliphatic heterocycles. The Hall–Kier alpha value is -1.36. The average Bonchev–Trinajstić information content (AvgIpc) is 2.39. The molecule has 6 heteroatoms. The first-order valence-electron chi connectivity index (χ1n) is 6.54. The molecule has 5 nitrogen and oxygen atoms in total. The zero-order chi connectivity index (χ0) is 14.4. The largest absolute Gasteiger partial charge is 0.350 e. The number of carbonyl (C=O) groups excluding carboxylic acids is 1. The van der Waals surface area contributed by atoms with Gasteiger partial charge in [0.2, 0.25) is 5.91 Å². The molecule has 0 aromatic carbocycles. The molecule has 0 aliphatic carbocycles. The molecule has 0 unspecified atom stereocenters. The maximum Gasteiger partial charge on any atom is 0.242 e. The zero-order valence-electron chi connectivity index (χ0n) is 12.0. The maximum atomic E-state index is 12.0. The van der Waals surface area contributed by atoms with Crippen LogP contribution in [0.1, 0.15) is 26.6 Å². The zero-order valence-corrected chi connectivity index (χ0v) is 12.7. The monoisotopic (exact) mass is 284 g/mol. The quantitative estimate of drug-likeness (QED) is 0.750. The highest BCUT2D eigenvalue weighted by molar-refractivity contribution is 6.29.